The first-order valence-electron chi connectivity index (χ1n) is 10.9. The molecule has 0 unspecified atom stereocenters. The molecule has 30 heavy (non-hydrogen) atoms. The first-order valence-corrected chi connectivity index (χ1v) is 10.9. The lowest BCUT2D eigenvalue weighted by Gasteiger charge is -2.35. The van der Waals surface area contributed by atoms with E-state index in [4.69, 9.17) is 18.9 Å². The number of hydrogen-bond acceptors (Lipinski definition) is 7. The van der Waals surface area contributed by atoms with Crippen molar-refractivity contribution in [2.75, 3.05) is 26.9 Å². The number of nitrogens with zero attached hydrogens (tertiary/aromatic N) is 3. The molecule has 1 spiro atoms. The van der Waals surface area contributed by atoms with Gasteiger partial charge in [-0.15, -0.1) is 0 Å². The van der Waals surface area contributed by atoms with Crippen LogP contribution in [-0.2, 0) is 9.47 Å². The van der Waals surface area contributed by atoms with E-state index in [9.17, 15) is 0 Å². The molecule has 5 rings (SSSR count). The van der Waals surface area contributed by atoms with Gasteiger partial charge in [-0.2, -0.15) is 4.98 Å². The highest BCUT2D eigenvalue weighted by Gasteiger charge is 2.42. The van der Waals surface area contributed by atoms with Crippen LogP contribution in [0.3, 0.4) is 0 Å². The number of aryl methyl sites for hydroxylation is 1. The first-order chi connectivity index (χ1) is 14.7. The maximum absolute atomic E-state index is 6.25. The highest BCUT2D eigenvalue weighted by atomic mass is 16.7. The molecule has 2 aromatic rings. The van der Waals surface area contributed by atoms with Gasteiger partial charge >= 0.3 is 0 Å². The Morgan fingerprint density at radius 1 is 1.13 bits per heavy atom. The molecule has 2 aliphatic carbocycles. The minimum absolute atomic E-state index is 0.353. The Bertz CT molecular complexity index is 890. The van der Waals surface area contributed by atoms with Crippen LogP contribution in [-0.4, -0.2) is 47.7 Å². The van der Waals surface area contributed by atoms with Crippen molar-refractivity contribution in [2.24, 2.45) is 5.92 Å². The zero-order valence-corrected chi connectivity index (χ0v) is 17.7. The molecule has 1 aliphatic heterocycles. The van der Waals surface area contributed by atoms with Gasteiger partial charge in [0.2, 0.25) is 11.8 Å². The van der Waals surface area contributed by atoms with Crippen molar-refractivity contribution in [3.63, 3.8) is 0 Å². The zero-order valence-electron chi connectivity index (χ0n) is 17.7. The summed E-state index contributed by atoms with van der Waals surface area (Å²) >= 11 is 0. The predicted molar refractivity (Wildman–Crippen MR) is 110 cm³/mol. The van der Waals surface area contributed by atoms with Crippen molar-refractivity contribution in [1.82, 2.24) is 15.0 Å². The Labute approximate surface area is 177 Å². The summed E-state index contributed by atoms with van der Waals surface area (Å²) in [6.07, 6.45) is 6.87. The van der Waals surface area contributed by atoms with Gasteiger partial charge in [0.05, 0.1) is 26.9 Å². The molecular formula is C23H29N3O4. The SMILES string of the molecule is COc1cccc([C@H]2C[C@@H]2COc2nc(C)ncc2C2CCC3(CC2)OCCO3)n1. The van der Waals surface area contributed by atoms with Crippen molar-refractivity contribution in [2.45, 2.75) is 56.7 Å². The molecule has 2 atom stereocenters. The second-order valence-corrected chi connectivity index (χ2v) is 8.58. The first kappa shape index (κ1) is 19.7. The maximum atomic E-state index is 6.25. The minimum atomic E-state index is -0.353. The summed E-state index contributed by atoms with van der Waals surface area (Å²) in [5.74, 6) is 3.06. The van der Waals surface area contributed by atoms with E-state index in [1.807, 2.05) is 25.3 Å². The second kappa shape index (κ2) is 8.12. The van der Waals surface area contributed by atoms with Crippen LogP contribution in [0.2, 0.25) is 0 Å². The summed E-state index contributed by atoms with van der Waals surface area (Å²) in [5, 5.41) is 0. The van der Waals surface area contributed by atoms with Gasteiger partial charge in [-0.05, 0) is 38.2 Å². The van der Waals surface area contributed by atoms with E-state index in [-0.39, 0.29) is 5.79 Å². The normalized spacial score (nSPS) is 25.4. The smallest absolute Gasteiger partial charge is 0.220 e. The number of ether oxygens (including phenoxy) is 4. The van der Waals surface area contributed by atoms with Crippen LogP contribution in [0.4, 0.5) is 0 Å². The van der Waals surface area contributed by atoms with Crippen LogP contribution in [0.25, 0.3) is 0 Å². The van der Waals surface area contributed by atoms with Crippen LogP contribution in [0.15, 0.2) is 24.4 Å². The Kier molecular flexibility index (Phi) is 5.33. The third-order valence-corrected chi connectivity index (χ3v) is 6.59. The van der Waals surface area contributed by atoms with Crippen LogP contribution in [0.1, 0.15) is 61.0 Å². The van der Waals surface area contributed by atoms with Crippen LogP contribution >= 0.6 is 0 Å². The standard InChI is InChI=1S/C23H29N3O4/c1-15-24-13-19(16-6-8-23(9-7-16)29-10-11-30-23)22(25-15)28-14-17-12-18(17)20-4-3-5-21(26-20)27-2/h3-5,13,16-18H,6-12,14H2,1-2H3/t17-,18+/m1/s1. The van der Waals surface area contributed by atoms with Crippen LogP contribution < -0.4 is 9.47 Å². The number of hydrogen-bond donors (Lipinski definition) is 0. The lowest BCUT2D eigenvalue weighted by atomic mass is 9.81. The Morgan fingerprint density at radius 3 is 2.70 bits per heavy atom. The summed E-state index contributed by atoms with van der Waals surface area (Å²) in [5.41, 5.74) is 2.20. The molecule has 160 valence electrons. The molecule has 3 fully saturated rings. The van der Waals surface area contributed by atoms with Crippen LogP contribution in [0, 0.1) is 12.8 Å². The van der Waals surface area contributed by atoms with Crippen molar-refractivity contribution in [3.8, 4) is 11.8 Å². The van der Waals surface area contributed by atoms with Gasteiger partial charge in [0.25, 0.3) is 0 Å². The molecule has 0 radical (unpaired) electrons. The highest BCUT2D eigenvalue weighted by molar-refractivity contribution is 5.29. The molecule has 2 saturated carbocycles. The van der Waals surface area contributed by atoms with Crippen molar-refractivity contribution in [3.05, 3.63) is 41.5 Å². The summed E-state index contributed by atoms with van der Waals surface area (Å²) in [6, 6.07) is 5.94. The molecule has 0 N–H and O–H groups in total. The van der Waals surface area contributed by atoms with Gasteiger partial charge in [-0.1, -0.05) is 6.07 Å². The van der Waals surface area contributed by atoms with Crippen molar-refractivity contribution >= 4 is 0 Å². The average Bonchev–Trinajstić information content (AvgIpc) is 3.43. The van der Waals surface area contributed by atoms with Crippen LogP contribution in [0.5, 0.6) is 11.8 Å². The molecule has 3 aliphatic rings. The third kappa shape index (κ3) is 4.01. The molecule has 7 nitrogen and oxygen atoms in total. The minimum Gasteiger partial charge on any atom is -0.481 e. The lowest BCUT2D eigenvalue weighted by molar-refractivity contribution is -0.178. The fraction of sp³-hybridized carbons (Fsp3) is 0.609. The van der Waals surface area contributed by atoms with Gasteiger partial charge in [0, 0.05) is 48.2 Å². The Balaban J connectivity index is 1.23. The topological polar surface area (TPSA) is 75.6 Å². The summed E-state index contributed by atoms with van der Waals surface area (Å²) in [7, 11) is 1.65. The summed E-state index contributed by atoms with van der Waals surface area (Å²) in [6.45, 7) is 3.97. The second-order valence-electron chi connectivity index (χ2n) is 8.58. The Hall–Kier alpha value is -2.25. The van der Waals surface area contributed by atoms with Crippen molar-refractivity contribution in [1.29, 1.82) is 0 Å². The van der Waals surface area contributed by atoms with Gasteiger partial charge in [-0.3, -0.25) is 0 Å². The molecule has 0 amide bonds. The fourth-order valence-electron chi connectivity index (χ4n) is 4.74. The molecular weight excluding hydrogens is 382 g/mol. The molecule has 0 aromatic carbocycles. The quantitative estimate of drug-likeness (QED) is 0.716. The predicted octanol–water partition coefficient (Wildman–Crippen LogP) is 3.77. The molecule has 3 heterocycles. The largest absolute Gasteiger partial charge is 0.481 e. The van der Waals surface area contributed by atoms with Gasteiger partial charge in [0.1, 0.15) is 5.82 Å². The summed E-state index contributed by atoms with van der Waals surface area (Å²) < 4.78 is 23.2. The van der Waals surface area contributed by atoms with Crippen molar-refractivity contribution < 1.29 is 18.9 Å². The molecule has 1 saturated heterocycles. The van der Waals surface area contributed by atoms with E-state index in [1.54, 1.807) is 7.11 Å². The van der Waals surface area contributed by atoms with Gasteiger partial charge in [-0.25, -0.2) is 9.97 Å². The summed E-state index contributed by atoms with van der Waals surface area (Å²) in [4.78, 5) is 13.7. The molecule has 0 bridgehead atoms. The highest BCUT2D eigenvalue weighted by Crippen LogP contribution is 2.48. The number of rotatable bonds is 6. The van der Waals surface area contributed by atoms with E-state index >= 15 is 0 Å². The third-order valence-electron chi connectivity index (χ3n) is 6.59. The van der Waals surface area contributed by atoms with Gasteiger partial charge in [0.15, 0.2) is 5.79 Å². The van der Waals surface area contributed by atoms with E-state index in [0.717, 1.165) is 55.1 Å². The lowest BCUT2D eigenvalue weighted by Crippen LogP contribution is -2.34. The van der Waals surface area contributed by atoms with Gasteiger partial charge < -0.3 is 18.9 Å². The van der Waals surface area contributed by atoms with E-state index < -0.39 is 0 Å². The molecule has 2 aromatic heterocycles. The van der Waals surface area contributed by atoms with E-state index in [0.29, 0.717) is 43.5 Å². The number of aromatic nitrogens is 3. The monoisotopic (exact) mass is 411 g/mol. The van der Waals surface area contributed by atoms with E-state index in [1.165, 1.54) is 0 Å². The average molecular weight is 412 g/mol. The maximum Gasteiger partial charge on any atom is 0.220 e. The fourth-order valence-corrected chi connectivity index (χ4v) is 4.74. The number of pyridine rings is 1. The Morgan fingerprint density at radius 2 is 1.93 bits per heavy atom. The van der Waals surface area contributed by atoms with E-state index in [2.05, 4.69) is 21.0 Å². The number of methoxy groups -OCH3 is 1. The molecule has 7 heteroatoms. The zero-order chi connectivity index (χ0) is 20.6.